The smallest absolute Gasteiger partial charge is 0.330 e. The molecule has 0 rings (SSSR count). The van der Waals surface area contributed by atoms with Crippen molar-refractivity contribution in [1.82, 2.24) is 4.72 Å². The second-order valence-electron chi connectivity index (χ2n) is 1.52. The van der Waals surface area contributed by atoms with Crippen LogP contribution in [0.1, 0.15) is 0 Å². The number of esters is 1. The van der Waals surface area contributed by atoms with Crippen LogP contribution in [0.3, 0.4) is 0 Å². The van der Waals surface area contributed by atoms with Crippen LogP contribution in [0.25, 0.3) is 0 Å². The van der Waals surface area contributed by atoms with E-state index in [0.717, 1.165) is 6.08 Å². The van der Waals surface area contributed by atoms with Crippen LogP contribution in [0.15, 0.2) is 12.7 Å². The molecule has 2 N–H and O–H groups in total. The van der Waals surface area contributed by atoms with Crippen molar-refractivity contribution >= 4 is 17.2 Å². The van der Waals surface area contributed by atoms with E-state index in [1.54, 1.807) is 0 Å². The quantitative estimate of drug-likeness (QED) is 0.257. The van der Waals surface area contributed by atoms with Crippen molar-refractivity contribution in [2.75, 3.05) is 13.2 Å². The van der Waals surface area contributed by atoms with Crippen LogP contribution in [0, 0.1) is 0 Å². The van der Waals surface area contributed by atoms with Crippen molar-refractivity contribution in [3.63, 3.8) is 0 Å². The van der Waals surface area contributed by atoms with E-state index < -0.39 is 17.2 Å². The Morgan fingerprint density at radius 2 is 2.45 bits per heavy atom. The van der Waals surface area contributed by atoms with Gasteiger partial charge in [0.25, 0.3) is 0 Å². The molecule has 0 aliphatic carbocycles. The molecule has 0 heterocycles. The van der Waals surface area contributed by atoms with Crippen LogP contribution < -0.4 is 4.72 Å². The van der Waals surface area contributed by atoms with E-state index in [9.17, 15) is 9.00 Å². The van der Waals surface area contributed by atoms with Gasteiger partial charge in [-0.15, -0.1) is 0 Å². The zero-order chi connectivity index (χ0) is 8.69. The molecule has 0 saturated heterocycles. The molecule has 64 valence electrons. The summed E-state index contributed by atoms with van der Waals surface area (Å²) in [4.78, 5) is 10.4. The normalized spacial score (nSPS) is 12.1. The second-order valence-corrected chi connectivity index (χ2v) is 2.30. The molecule has 1 unspecified atom stereocenters. The Morgan fingerprint density at radius 1 is 1.82 bits per heavy atom. The molecular weight excluding hydrogens is 170 g/mol. The monoisotopic (exact) mass is 179 g/mol. The number of rotatable bonds is 5. The summed E-state index contributed by atoms with van der Waals surface area (Å²) in [5.41, 5.74) is 0. The Kier molecular flexibility index (Phi) is 5.63. The summed E-state index contributed by atoms with van der Waals surface area (Å²) >= 11 is -2.05. The lowest BCUT2D eigenvalue weighted by atomic mass is 10.6. The SMILES string of the molecule is C=CC(=O)OCCNS(=O)O. The minimum absolute atomic E-state index is 0.0527. The Morgan fingerprint density at radius 3 is 2.91 bits per heavy atom. The van der Waals surface area contributed by atoms with Crippen molar-refractivity contribution in [2.24, 2.45) is 0 Å². The molecule has 0 aromatic carbocycles. The van der Waals surface area contributed by atoms with Gasteiger partial charge in [0, 0.05) is 12.6 Å². The fraction of sp³-hybridized carbons (Fsp3) is 0.400. The number of carbonyl (C=O) groups excluding carboxylic acids is 1. The fourth-order valence-electron chi connectivity index (χ4n) is 0.340. The van der Waals surface area contributed by atoms with Crippen molar-refractivity contribution < 1.29 is 18.3 Å². The minimum Gasteiger partial charge on any atom is -0.461 e. The average molecular weight is 179 g/mol. The van der Waals surface area contributed by atoms with Gasteiger partial charge in [-0.25, -0.2) is 13.7 Å². The Labute approximate surface area is 66.8 Å². The van der Waals surface area contributed by atoms with Gasteiger partial charge in [-0.1, -0.05) is 6.58 Å². The van der Waals surface area contributed by atoms with Crippen LogP contribution in [0.4, 0.5) is 0 Å². The van der Waals surface area contributed by atoms with E-state index in [1.165, 1.54) is 0 Å². The molecule has 0 saturated carbocycles. The lowest BCUT2D eigenvalue weighted by Crippen LogP contribution is -2.22. The highest BCUT2D eigenvalue weighted by Gasteiger charge is 1.95. The molecule has 0 aromatic heterocycles. The Hall–Kier alpha value is -0.720. The molecule has 5 nitrogen and oxygen atoms in total. The summed E-state index contributed by atoms with van der Waals surface area (Å²) in [6.07, 6.45) is 1.02. The highest BCUT2D eigenvalue weighted by Crippen LogP contribution is 1.77. The predicted octanol–water partition coefficient (Wildman–Crippen LogP) is -0.558. The summed E-state index contributed by atoms with van der Waals surface area (Å²) in [5.74, 6) is -0.546. The molecule has 0 spiro atoms. The maximum absolute atomic E-state index is 10.4. The van der Waals surface area contributed by atoms with Gasteiger partial charge >= 0.3 is 5.97 Å². The lowest BCUT2D eigenvalue weighted by Gasteiger charge is -1.99. The zero-order valence-electron chi connectivity index (χ0n) is 5.78. The number of carbonyl (C=O) groups is 1. The second kappa shape index (κ2) is 6.02. The average Bonchev–Trinajstić information content (AvgIpc) is 1.97. The third kappa shape index (κ3) is 7.17. The molecule has 0 fully saturated rings. The molecule has 0 aliphatic heterocycles. The zero-order valence-corrected chi connectivity index (χ0v) is 6.60. The fourth-order valence-corrected chi connectivity index (χ4v) is 0.597. The first-order valence-electron chi connectivity index (χ1n) is 2.80. The van der Waals surface area contributed by atoms with Crippen LogP contribution in [0.2, 0.25) is 0 Å². The largest absolute Gasteiger partial charge is 0.461 e. The highest BCUT2D eigenvalue weighted by molar-refractivity contribution is 7.77. The number of hydrogen-bond acceptors (Lipinski definition) is 3. The van der Waals surface area contributed by atoms with E-state index in [-0.39, 0.29) is 13.2 Å². The van der Waals surface area contributed by atoms with Gasteiger partial charge in [-0.3, -0.25) is 4.55 Å². The molecule has 0 bridgehead atoms. The van der Waals surface area contributed by atoms with Crippen LogP contribution in [-0.2, 0) is 20.8 Å². The van der Waals surface area contributed by atoms with Crippen molar-refractivity contribution in [1.29, 1.82) is 0 Å². The molecule has 0 aromatic rings. The molecular formula is C5H9NO4S. The van der Waals surface area contributed by atoms with Crippen molar-refractivity contribution in [3.05, 3.63) is 12.7 Å². The topological polar surface area (TPSA) is 75.6 Å². The van der Waals surface area contributed by atoms with Gasteiger partial charge in [0.05, 0.1) is 0 Å². The third-order valence-corrected chi connectivity index (χ3v) is 1.19. The highest BCUT2D eigenvalue weighted by atomic mass is 32.2. The van der Waals surface area contributed by atoms with Gasteiger partial charge in [0.1, 0.15) is 6.61 Å². The van der Waals surface area contributed by atoms with Gasteiger partial charge in [-0.2, -0.15) is 0 Å². The summed E-state index contributed by atoms with van der Waals surface area (Å²) in [5, 5.41) is 0. The van der Waals surface area contributed by atoms with E-state index >= 15 is 0 Å². The standard InChI is InChI=1S/C5H9NO4S/c1-2-5(7)10-4-3-6-11(8)9/h2,6H,1,3-4H2,(H,8,9). The van der Waals surface area contributed by atoms with Gasteiger partial charge in [0.15, 0.2) is 0 Å². The Balaban J connectivity index is 3.21. The predicted molar refractivity (Wildman–Crippen MR) is 39.9 cm³/mol. The minimum atomic E-state index is -2.05. The van der Waals surface area contributed by atoms with Gasteiger partial charge < -0.3 is 4.74 Å². The number of hydrogen-bond donors (Lipinski definition) is 2. The Bertz CT molecular complexity index is 170. The van der Waals surface area contributed by atoms with Crippen LogP contribution in [0.5, 0.6) is 0 Å². The van der Waals surface area contributed by atoms with Crippen molar-refractivity contribution in [3.8, 4) is 0 Å². The number of ether oxygens (including phenoxy) is 1. The maximum Gasteiger partial charge on any atom is 0.330 e. The number of nitrogens with one attached hydrogen (secondary N) is 1. The first-order chi connectivity index (χ1) is 5.16. The molecule has 0 amide bonds. The summed E-state index contributed by atoms with van der Waals surface area (Å²) in [6, 6.07) is 0. The molecule has 0 aliphatic rings. The van der Waals surface area contributed by atoms with Gasteiger partial charge in [-0.05, 0) is 0 Å². The summed E-state index contributed by atoms with van der Waals surface area (Å²) in [7, 11) is 0. The lowest BCUT2D eigenvalue weighted by molar-refractivity contribution is -0.137. The molecule has 11 heavy (non-hydrogen) atoms. The van der Waals surface area contributed by atoms with E-state index in [2.05, 4.69) is 16.0 Å². The van der Waals surface area contributed by atoms with E-state index in [1.807, 2.05) is 0 Å². The molecule has 0 radical (unpaired) electrons. The summed E-state index contributed by atoms with van der Waals surface area (Å²) < 4.78 is 24.7. The van der Waals surface area contributed by atoms with Crippen LogP contribution in [-0.4, -0.2) is 27.9 Å². The van der Waals surface area contributed by atoms with Gasteiger partial charge in [0.2, 0.25) is 11.3 Å². The first-order valence-corrected chi connectivity index (χ1v) is 3.91. The van der Waals surface area contributed by atoms with Crippen LogP contribution >= 0.6 is 0 Å². The third-order valence-electron chi connectivity index (χ3n) is 0.739. The van der Waals surface area contributed by atoms with E-state index in [4.69, 9.17) is 4.55 Å². The van der Waals surface area contributed by atoms with E-state index in [0.29, 0.717) is 0 Å². The molecule has 6 heteroatoms. The summed E-state index contributed by atoms with van der Waals surface area (Å²) in [6.45, 7) is 3.36. The maximum atomic E-state index is 10.4. The molecule has 1 atom stereocenters. The van der Waals surface area contributed by atoms with Crippen molar-refractivity contribution in [2.45, 2.75) is 0 Å². The first kappa shape index (κ1) is 10.3.